The van der Waals surface area contributed by atoms with E-state index >= 15 is 0 Å². The molecule has 3 aliphatic heterocycles. The number of imidazole rings is 2. The molecule has 3 fully saturated rings. The number of aliphatic hydroxyl groups excluding tert-OH is 2. The predicted octanol–water partition coefficient (Wildman–Crippen LogP) is -1.92. The maximum Gasteiger partial charge on any atom is 0.472 e. The molecular formula is C20H23N9O13P2. The first-order chi connectivity index (χ1) is 20.9. The van der Waals surface area contributed by atoms with Crippen LogP contribution in [0, 0.1) is 0 Å². The third-order valence-electron chi connectivity index (χ3n) is 7.24. The number of hydrogen-bond acceptors (Lipinski definition) is 17. The summed E-state index contributed by atoms with van der Waals surface area (Å²) in [7, 11) is -10.1. The van der Waals surface area contributed by atoms with E-state index in [0.29, 0.717) is 0 Å². The van der Waals surface area contributed by atoms with Gasteiger partial charge >= 0.3 is 15.6 Å². The minimum Gasteiger partial charge on any atom is -0.387 e. The number of hydrogen-bond donors (Lipinski definition) is 6. The largest absolute Gasteiger partial charge is 0.472 e. The first-order valence-electron chi connectivity index (χ1n) is 12.7. The van der Waals surface area contributed by atoms with E-state index in [0.717, 1.165) is 23.5 Å². The Morgan fingerprint density at radius 3 is 1.91 bits per heavy atom. The summed E-state index contributed by atoms with van der Waals surface area (Å²) < 4.78 is 61.2. The minimum atomic E-state index is -5.06. The van der Waals surface area contributed by atoms with Crippen LogP contribution >= 0.6 is 15.6 Å². The van der Waals surface area contributed by atoms with Crippen LogP contribution in [0.25, 0.3) is 22.3 Å². The molecule has 0 aromatic carbocycles. The number of aliphatic hydroxyl groups is 2. The molecule has 0 saturated carbocycles. The molecule has 3 saturated heterocycles. The minimum absolute atomic E-state index is 0.0238. The van der Waals surface area contributed by atoms with Gasteiger partial charge in [0.25, 0.3) is 5.56 Å². The molecule has 10 atom stereocenters. The topological polar surface area (TPSA) is 304 Å². The molecule has 3 aliphatic rings. The predicted molar refractivity (Wildman–Crippen MR) is 139 cm³/mol. The van der Waals surface area contributed by atoms with Gasteiger partial charge in [0.15, 0.2) is 35.1 Å². The first-order valence-corrected chi connectivity index (χ1v) is 15.7. The van der Waals surface area contributed by atoms with Crippen LogP contribution in [0.2, 0.25) is 0 Å². The molecule has 0 radical (unpaired) electrons. The van der Waals surface area contributed by atoms with E-state index in [4.69, 9.17) is 33.3 Å². The van der Waals surface area contributed by atoms with Gasteiger partial charge in [-0.2, -0.15) is 0 Å². The lowest BCUT2D eigenvalue weighted by molar-refractivity contribution is -0.0675. The van der Waals surface area contributed by atoms with E-state index in [-0.39, 0.29) is 28.1 Å². The summed E-state index contributed by atoms with van der Waals surface area (Å²) in [5.74, 6) is 0.0238. The number of nitrogen functional groups attached to an aromatic ring is 1. The summed E-state index contributed by atoms with van der Waals surface area (Å²) in [6.07, 6.45) is -7.96. The fourth-order valence-electron chi connectivity index (χ4n) is 5.20. The van der Waals surface area contributed by atoms with E-state index in [1.807, 2.05) is 0 Å². The number of ether oxygens (including phenoxy) is 2. The van der Waals surface area contributed by atoms with Gasteiger partial charge < -0.3 is 40.2 Å². The Bertz CT molecular complexity index is 1880. The van der Waals surface area contributed by atoms with Crippen molar-refractivity contribution in [2.75, 3.05) is 18.9 Å². The van der Waals surface area contributed by atoms with E-state index in [1.54, 1.807) is 0 Å². The number of nitrogens with zero attached hydrogens (tertiary/aromatic N) is 7. The Balaban J connectivity index is 1.22. The zero-order valence-corrected chi connectivity index (χ0v) is 23.7. The van der Waals surface area contributed by atoms with Gasteiger partial charge in [-0.05, 0) is 0 Å². The molecular weight excluding hydrogens is 636 g/mol. The SMILES string of the molecule is Nc1ncnc2c1ncn2[C@@H]1O[C@@H]2COP(=O)(O)O[C@@H]3[C@H](O)[C@@H](COP(=O)(O)O[C@@H]1[C@@H]2O)O[C@H]3n1cnc2c(=O)[nH]cnc21. The van der Waals surface area contributed by atoms with Crippen molar-refractivity contribution in [2.24, 2.45) is 0 Å². The highest BCUT2D eigenvalue weighted by molar-refractivity contribution is 7.47. The summed E-state index contributed by atoms with van der Waals surface area (Å²) >= 11 is 0. The zero-order chi connectivity index (χ0) is 31.0. The molecule has 2 unspecified atom stereocenters. The van der Waals surface area contributed by atoms with Crippen LogP contribution in [-0.4, -0.2) is 109 Å². The van der Waals surface area contributed by atoms with Crippen molar-refractivity contribution in [3.8, 4) is 0 Å². The molecule has 22 nitrogen and oxygen atoms in total. The number of phosphoric ester groups is 2. The number of anilines is 1. The normalized spacial score (nSPS) is 38.3. The molecule has 7 rings (SSSR count). The molecule has 4 bridgehead atoms. The van der Waals surface area contributed by atoms with E-state index in [2.05, 4.69) is 29.9 Å². The molecule has 4 aromatic heterocycles. The summed E-state index contributed by atoms with van der Waals surface area (Å²) in [5, 5.41) is 22.1. The zero-order valence-electron chi connectivity index (χ0n) is 21.9. The van der Waals surface area contributed by atoms with Crippen molar-refractivity contribution in [1.82, 2.24) is 39.0 Å². The number of nitrogens with one attached hydrogen (secondary N) is 1. The number of fused-ring (bicyclic) bond motifs is 6. The summed E-state index contributed by atoms with van der Waals surface area (Å²) in [6.45, 7) is -1.60. The molecule has 7 heterocycles. The highest BCUT2D eigenvalue weighted by Gasteiger charge is 2.54. The number of aromatic nitrogens is 8. The van der Waals surface area contributed by atoms with Gasteiger partial charge in [0.2, 0.25) is 0 Å². The number of nitrogens with two attached hydrogens (primary N) is 1. The van der Waals surface area contributed by atoms with Crippen molar-refractivity contribution in [2.45, 2.75) is 49.1 Å². The summed E-state index contributed by atoms with van der Waals surface area (Å²) in [6, 6.07) is 0. The lowest BCUT2D eigenvalue weighted by atomic mass is 10.1. The van der Waals surface area contributed by atoms with Crippen LogP contribution in [0.15, 0.2) is 30.1 Å². The van der Waals surface area contributed by atoms with Gasteiger partial charge in [0.05, 0.1) is 32.2 Å². The molecule has 4 aromatic rings. The Kier molecular flexibility index (Phi) is 7.16. The van der Waals surface area contributed by atoms with E-state index in [1.165, 1.54) is 10.9 Å². The van der Waals surface area contributed by atoms with Crippen molar-refractivity contribution >= 4 is 43.8 Å². The maximum absolute atomic E-state index is 13.1. The van der Waals surface area contributed by atoms with Gasteiger partial charge in [-0.25, -0.2) is 34.0 Å². The molecule has 0 spiro atoms. The van der Waals surface area contributed by atoms with Crippen LogP contribution in [0.4, 0.5) is 5.82 Å². The average molecular weight is 659 g/mol. The Morgan fingerprint density at radius 2 is 1.34 bits per heavy atom. The Hall–Kier alpha value is -3.24. The van der Waals surface area contributed by atoms with Crippen LogP contribution < -0.4 is 11.3 Å². The van der Waals surface area contributed by atoms with Crippen molar-refractivity contribution in [3.05, 3.63) is 35.7 Å². The summed E-state index contributed by atoms with van der Waals surface area (Å²) in [5.41, 5.74) is 5.40. The van der Waals surface area contributed by atoms with E-state index < -0.39 is 83.5 Å². The standard InChI is InChI=1S/C20H23N9O13P2/c21-15-9-16(23-3-22-15)28(5-26-9)19-13-11(30)7(39-19)1-37-44(35,36)42-14-12(31)8(2-38-43(33,34)41-13)40-20(14)29-6-27-10-17(29)24-4-25-18(10)32/h3-8,11-14,19-20,30-31H,1-2H2,(H,33,34)(H,35,36)(H2,21,22,23)(H,24,25,32)/t7-,8-,11-,12-,13-,14-,19-,20-/m1/s1. The second-order valence-corrected chi connectivity index (χ2v) is 12.7. The Labute approximate surface area is 243 Å². The van der Waals surface area contributed by atoms with Crippen molar-refractivity contribution in [3.63, 3.8) is 0 Å². The first kappa shape index (κ1) is 29.5. The third-order valence-corrected chi connectivity index (χ3v) is 9.21. The highest BCUT2D eigenvalue weighted by atomic mass is 31.2. The monoisotopic (exact) mass is 659 g/mol. The van der Waals surface area contributed by atoms with Crippen molar-refractivity contribution < 1.29 is 56.7 Å². The molecule has 24 heteroatoms. The molecule has 0 amide bonds. The van der Waals surface area contributed by atoms with Crippen LogP contribution in [0.5, 0.6) is 0 Å². The average Bonchev–Trinajstić information content (AvgIpc) is 3.73. The van der Waals surface area contributed by atoms with Crippen LogP contribution in [0.1, 0.15) is 12.5 Å². The smallest absolute Gasteiger partial charge is 0.387 e. The van der Waals surface area contributed by atoms with Crippen LogP contribution in [0.3, 0.4) is 0 Å². The van der Waals surface area contributed by atoms with Gasteiger partial charge in [-0.1, -0.05) is 0 Å². The fourth-order valence-corrected chi connectivity index (χ4v) is 7.06. The molecule has 7 N–H and O–H groups in total. The number of phosphoric acid groups is 2. The molecule has 44 heavy (non-hydrogen) atoms. The van der Waals surface area contributed by atoms with Gasteiger partial charge in [0.1, 0.15) is 48.5 Å². The number of H-pyrrole nitrogens is 1. The Morgan fingerprint density at radius 1 is 0.818 bits per heavy atom. The summed E-state index contributed by atoms with van der Waals surface area (Å²) in [4.78, 5) is 55.8. The fraction of sp³-hybridized carbons (Fsp3) is 0.500. The lowest BCUT2D eigenvalue weighted by Gasteiger charge is -2.26. The lowest BCUT2D eigenvalue weighted by Crippen LogP contribution is -2.38. The second kappa shape index (κ2) is 10.7. The maximum atomic E-state index is 13.1. The number of rotatable bonds is 2. The van der Waals surface area contributed by atoms with E-state index in [9.17, 15) is 33.9 Å². The third kappa shape index (κ3) is 5.04. The number of aromatic amines is 1. The second-order valence-electron chi connectivity index (χ2n) is 9.92. The quantitative estimate of drug-likeness (QED) is 0.128. The molecule has 236 valence electrons. The molecule has 0 aliphatic carbocycles. The van der Waals surface area contributed by atoms with Crippen LogP contribution in [-0.2, 0) is 36.7 Å². The van der Waals surface area contributed by atoms with Crippen molar-refractivity contribution in [1.29, 1.82) is 0 Å². The van der Waals surface area contributed by atoms with Gasteiger partial charge in [0, 0.05) is 0 Å². The van der Waals surface area contributed by atoms with Gasteiger partial charge in [-0.3, -0.25) is 32.0 Å². The highest BCUT2D eigenvalue weighted by Crippen LogP contribution is 2.53. The van der Waals surface area contributed by atoms with Gasteiger partial charge in [-0.15, -0.1) is 0 Å².